The number of para-hydroxylation sites is 1. The topological polar surface area (TPSA) is 61.8 Å². The summed E-state index contributed by atoms with van der Waals surface area (Å²) in [5, 5.41) is 2.68. The van der Waals surface area contributed by atoms with Gasteiger partial charge >= 0.3 is 0 Å². The second kappa shape index (κ2) is 8.20. The molecule has 0 spiro atoms. The van der Waals surface area contributed by atoms with Crippen LogP contribution >= 0.6 is 15.9 Å². The molecule has 150 valence electrons. The van der Waals surface area contributed by atoms with Gasteiger partial charge in [-0.05, 0) is 36.4 Å². The van der Waals surface area contributed by atoms with E-state index in [2.05, 4.69) is 26.2 Å². The van der Waals surface area contributed by atoms with Crippen molar-refractivity contribution in [1.82, 2.24) is 5.32 Å². The largest absolute Gasteiger partial charge is 0.322 e. The molecule has 1 heterocycles. The average Bonchev–Trinajstić information content (AvgIpc) is 2.85. The standard InChI is InChI=1S/C23H17BrFN3O2/c1-28-19-12-5-3-10-17(19)20(16-9-2-4-11-18(16)25)26-21(23(28)30)27-22(29)14-7-6-8-15(24)13-14/h2-13,21H,1H3,(H,27,29)/t21-/m1/s1. The van der Waals surface area contributed by atoms with Gasteiger partial charge in [-0.25, -0.2) is 9.38 Å². The molecule has 0 radical (unpaired) electrons. The summed E-state index contributed by atoms with van der Waals surface area (Å²) in [6, 6.07) is 20.2. The van der Waals surface area contributed by atoms with Crippen molar-refractivity contribution in [2.75, 3.05) is 11.9 Å². The number of likely N-dealkylation sites (N-methyl/N-ethyl adjacent to an activating group) is 1. The summed E-state index contributed by atoms with van der Waals surface area (Å²) in [7, 11) is 1.61. The lowest BCUT2D eigenvalue weighted by molar-refractivity contribution is -0.119. The van der Waals surface area contributed by atoms with Crippen molar-refractivity contribution in [2.45, 2.75) is 6.17 Å². The van der Waals surface area contributed by atoms with Gasteiger partial charge in [0.05, 0.1) is 11.4 Å². The van der Waals surface area contributed by atoms with Gasteiger partial charge in [-0.1, -0.05) is 52.3 Å². The first-order valence-corrected chi connectivity index (χ1v) is 10.0. The zero-order valence-electron chi connectivity index (χ0n) is 16.0. The molecule has 30 heavy (non-hydrogen) atoms. The molecule has 3 aromatic rings. The van der Waals surface area contributed by atoms with E-state index in [1.807, 2.05) is 0 Å². The summed E-state index contributed by atoms with van der Waals surface area (Å²) in [4.78, 5) is 31.8. The van der Waals surface area contributed by atoms with E-state index < -0.39 is 23.8 Å². The van der Waals surface area contributed by atoms with E-state index in [9.17, 15) is 14.0 Å². The molecule has 1 aliphatic heterocycles. The van der Waals surface area contributed by atoms with Gasteiger partial charge in [-0.15, -0.1) is 0 Å². The molecule has 1 aliphatic rings. The molecule has 0 unspecified atom stereocenters. The zero-order valence-corrected chi connectivity index (χ0v) is 17.6. The minimum Gasteiger partial charge on any atom is -0.322 e. The van der Waals surface area contributed by atoms with E-state index in [0.29, 0.717) is 22.5 Å². The number of fused-ring (bicyclic) bond motifs is 1. The van der Waals surface area contributed by atoms with Crippen LogP contribution in [0.3, 0.4) is 0 Å². The number of rotatable bonds is 3. The molecule has 4 rings (SSSR count). The van der Waals surface area contributed by atoms with Gasteiger partial charge in [0.1, 0.15) is 5.82 Å². The molecule has 2 amide bonds. The number of nitrogens with one attached hydrogen (secondary N) is 1. The van der Waals surface area contributed by atoms with Crippen molar-refractivity contribution < 1.29 is 14.0 Å². The summed E-state index contributed by atoms with van der Waals surface area (Å²) >= 11 is 3.33. The second-order valence-corrected chi connectivity index (χ2v) is 7.67. The first-order chi connectivity index (χ1) is 14.5. The quantitative estimate of drug-likeness (QED) is 0.631. The van der Waals surface area contributed by atoms with Gasteiger partial charge in [-0.2, -0.15) is 0 Å². The molecule has 0 aromatic heterocycles. The first kappa shape index (κ1) is 20.0. The zero-order chi connectivity index (χ0) is 21.3. The lowest BCUT2D eigenvalue weighted by Crippen LogP contribution is -2.46. The number of carbonyl (C=O) groups is 2. The number of aliphatic imine (C=N–C) groups is 1. The van der Waals surface area contributed by atoms with Crippen molar-refractivity contribution in [2.24, 2.45) is 4.99 Å². The number of benzodiazepines with no additional fused rings is 1. The number of hydrogen-bond donors (Lipinski definition) is 1. The highest BCUT2D eigenvalue weighted by Crippen LogP contribution is 2.28. The molecule has 5 nitrogen and oxygen atoms in total. The molecule has 1 N–H and O–H groups in total. The van der Waals surface area contributed by atoms with Crippen LogP contribution < -0.4 is 10.2 Å². The van der Waals surface area contributed by atoms with Crippen LogP contribution in [0.4, 0.5) is 10.1 Å². The summed E-state index contributed by atoms with van der Waals surface area (Å²) in [5.41, 5.74) is 2.14. The lowest BCUT2D eigenvalue weighted by Gasteiger charge is -2.20. The lowest BCUT2D eigenvalue weighted by atomic mass is 10.00. The van der Waals surface area contributed by atoms with Crippen molar-refractivity contribution in [3.05, 3.63) is 99.8 Å². The average molecular weight is 466 g/mol. The van der Waals surface area contributed by atoms with Crippen LogP contribution in [0, 0.1) is 5.82 Å². The highest BCUT2D eigenvalue weighted by molar-refractivity contribution is 9.10. The number of hydrogen-bond acceptors (Lipinski definition) is 3. The number of amides is 2. The van der Waals surface area contributed by atoms with Gasteiger partial charge in [-0.3, -0.25) is 9.59 Å². The Hall–Kier alpha value is -3.32. The third-order valence-corrected chi connectivity index (χ3v) is 5.32. The van der Waals surface area contributed by atoms with E-state index >= 15 is 0 Å². The summed E-state index contributed by atoms with van der Waals surface area (Å²) in [6.07, 6.45) is -1.21. The summed E-state index contributed by atoms with van der Waals surface area (Å²) in [6.45, 7) is 0. The fourth-order valence-electron chi connectivity index (χ4n) is 3.32. The Balaban J connectivity index is 1.81. The van der Waals surface area contributed by atoms with Crippen LogP contribution in [0.1, 0.15) is 21.5 Å². The van der Waals surface area contributed by atoms with Crippen molar-refractivity contribution in [3.8, 4) is 0 Å². The number of carbonyl (C=O) groups excluding carboxylic acids is 2. The minimum absolute atomic E-state index is 0.259. The van der Waals surface area contributed by atoms with Crippen molar-refractivity contribution in [3.63, 3.8) is 0 Å². The van der Waals surface area contributed by atoms with E-state index in [0.717, 1.165) is 4.47 Å². The Morgan fingerprint density at radius 3 is 2.47 bits per heavy atom. The fourth-order valence-corrected chi connectivity index (χ4v) is 3.72. The maximum atomic E-state index is 14.6. The number of halogens is 2. The molecular weight excluding hydrogens is 449 g/mol. The highest BCUT2D eigenvalue weighted by atomic mass is 79.9. The number of benzene rings is 3. The molecule has 0 saturated heterocycles. The molecule has 7 heteroatoms. The molecule has 0 saturated carbocycles. The van der Waals surface area contributed by atoms with E-state index in [-0.39, 0.29) is 5.56 Å². The van der Waals surface area contributed by atoms with Gasteiger partial charge in [0.25, 0.3) is 11.8 Å². The Labute approximate surface area is 181 Å². The van der Waals surface area contributed by atoms with Crippen LogP contribution in [-0.2, 0) is 4.79 Å². The molecule has 0 aliphatic carbocycles. The smallest absolute Gasteiger partial charge is 0.272 e. The normalized spacial score (nSPS) is 15.8. The van der Waals surface area contributed by atoms with Gasteiger partial charge < -0.3 is 10.2 Å². The Kier molecular flexibility index (Phi) is 5.46. The van der Waals surface area contributed by atoms with E-state index in [4.69, 9.17) is 0 Å². The Bertz CT molecular complexity index is 1180. The van der Waals surface area contributed by atoms with Crippen LogP contribution in [-0.4, -0.2) is 30.7 Å². The van der Waals surface area contributed by atoms with E-state index in [1.165, 1.54) is 11.0 Å². The summed E-state index contributed by atoms with van der Waals surface area (Å²) in [5.74, 6) is -1.33. The number of nitrogens with zero attached hydrogens (tertiary/aromatic N) is 2. The Morgan fingerprint density at radius 2 is 1.73 bits per heavy atom. The molecule has 1 atom stereocenters. The van der Waals surface area contributed by atoms with Gasteiger partial charge in [0.15, 0.2) is 0 Å². The fraction of sp³-hybridized carbons (Fsp3) is 0.0870. The number of anilines is 1. The van der Waals surface area contributed by atoms with Crippen LogP contribution in [0.25, 0.3) is 0 Å². The monoisotopic (exact) mass is 465 g/mol. The maximum absolute atomic E-state index is 14.6. The van der Waals surface area contributed by atoms with Crippen molar-refractivity contribution in [1.29, 1.82) is 0 Å². The van der Waals surface area contributed by atoms with Crippen LogP contribution in [0.15, 0.2) is 82.3 Å². The van der Waals surface area contributed by atoms with Gasteiger partial charge in [0, 0.05) is 28.2 Å². The van der Waals surface area contributed by atoms with Crippen LogP contribution in [0.5, 0.6) is 0 Å². The second-order valence-electron chi connectivity index (χ2n) is 6.76. The first-order valence-electron chi connectivity index (χ1n) is 9.22. The molecule has 0 fully saturated rings. The minimum atomic E-state index is -1.21. The van der Waals surface area contributed by atoms with Gasteiger partial charge in [0.2, 0.25) is 6.17 Å². The predicted octanol–water partition coefficient (Wildman–Crippen LogP) is 4.16. The molecule has 3 aromatic carbocycles. The van der Waals surface area contributed by atoms with E-state index in [1.54, 1.807) is 73.8 Å². The Morgan fingerprint density at radius 1 is 1.03 bits per heavy atom. The maximum Gasteiger partial charge on any atom is 0.272 e. The third-order valence-electron chi connectivity index (χ3n) is 4.83. The summed E-state index contributed by atoms with van der Waals surface area (Å²) < 4.78 is 15.4. The molecular formula is C23H17BrFN3O2. The SMILES string of the molecule is CN1C(=O)[C@@H](NC(=O)c2cccc(Br)c2)N=C(c2ccccc2F)c2ccccc21. The highest BCUT2D eigenvalue weighted by Gasteiger charge is 2.31. The molecule has 0 bridgehead atoms. The third kappa shape index (κ3) is 3.76. The van der Waals surface area contributed by atoms with Crippen molar-refractivity contribution >= 4 is 39.1 Å². The predicted molar refractivity (Wildman–Crippen MR) is 117 cm³/mol. The van der Waals surface area contributed by atoms with Crippen LogP contribution in [0.2, 0.25) is 0 Å².